The summed E-state index contributed by atoms with van der Waals surface area (Å²) < 4.78 is 82.6. The van der Waals surface area contributed by atoms with Gasteiger partial charge in [-0.3, -0.25) is 9.69 Å². The second-order valence-electron chi connectivity index (χ2n) is 7.82. The predicted molar refractivity (Wildman–Crippen MR) is 127 cm³/mol. The van der Waals surface area contributed by atoms with Gasteiger partial charge >= 0.3 is 12.4 Å². The predicted octanol–water partition coefficient (Wildman–Crippen LogP) is 7.00. The summed E-state index contributed by atoms with van der Waals surface area (Å²) in [6.07, 6.45) is -4.92. The average Bonchev–Trinajstić information content (AvgIpc) is 3.45. The Morgan fingerprint density at radius 2 is 1.72 bits per heavy atom. The lowest BCUT2D eigenvalue weighted by Gasteiger charge is -2.21. The van der Waals surface area contributed by atoms with Crippen molar-refractivity contribution in [2.75, 3.05) is 11.4 Å². The number of nitrogens with zero attached hydrogens (tertiary/aromatic N) is 4. The van der Waals surface area contributed by atoms with E-state index in [-0.39, 0.29) is 30.1 Å². The summed E-state index contributed by atoms with van der Waals surface area (Å²) in [7, 11) is 0. The maximum Gasteiger partial charge on any atom is 0.416 e. The van der Waals surface area contributed by atoms with Crippen LogP contribution in [0.25, 0.3) is 10.2 Å². The van der Waals surface area contributed by atoms with Crippen LogP contribution in [-0.4, -0.2) is 27.0 Å². The number of para-hydroxylation sites is 1. The van der Waals surface area contributed by atoms with Crippen molar-refractivity contribution in [3.63, 3.8) is 0 Å². The molecule has 0 saturated carbocycles. The highest BCUT2D eigenvalue weighted by atomic mass is 35.5. The van der Waals surface area contributed by atoms with Crippen molar-refractivity contribution in [3.8, 4) is 0 Å². The summed E-state index contributed by atoms with van der Waals surface area (Å²) in [5, 5.41) is 0.191. The fraction of sp³-hybridized carbons (Fsp3) is 0.261. The van der Waals surface area contributed by atoms with Crippen LogP contribution in [0.15, 0.2) is 55.1 Å². The third-order valence-electron chi connectivity index (χ3n) is 5.28. The van der Waals surface area contributed by atoms with E-state index in [1.807, 2.05) is 13.0 Å². The molecule has 1 amide bonds. The van der Waals surface area contributed by atoms with Crippen LogP contribution in [0.4, 0.5) is 31.5 Å². The fourth-order valence-corrected chi connectivity index (χ4v) is 4.61. The molecule has 4 aromatic rings. The number of anilines is 1. The molecular weight excluding hydrogens is 530 g/mol. The number of aryl methyl sites for hydroxylation is 2. The molecule has 2 heterocycles. The van der Waals surface area contributed by atoms with Crippen molar-refractivity contribution in [1.29, 1.82) is 0 Å². The van der Waals surface area contributed by atoms with Gasteiger partial charge in [0.15, 0.2) is 5.13 Å². The van der Waals surface area contributed by atoms with E-state index in [1.165, 1.54) is 0 Å². The monoisotopic (exact) mass is 548 g/mol. The van der Waals surface area contributed by atoms with Gasteiger partial charge in [0.1, 0.15) is 0 Å². The number of carbonyl (C=O) groups excluding carboxylic acids is 1. The number of hydrogen-bond donors (Lipinski definition) is 0. The summed E-state index contributed by atoms with van der Waals surface area (Å²) >= 11 is 1.14. The summed E-state index contributed by atoms with van der Waals surface area (Å²) in [6.45, 7) is 2.27. The zero-order chi connectivity index (χ0) is 25.4. The zero-order valence-corrected chi connectivity index (χ0v) is 20.2. The van der Waals surface area contributed by atoms with E-state index in [0.29, 0.717) is 30.6 Å². The normalized spacial score (nSPS) is 12.0. The van der Waals surface area contributed by atoms with Gasteiger partial charge in [-0.25, -0.2) is 9.97 Å². The van der Waals surface area contributed by atoms with Crippen molar-refractivity contribution < 1.29 is 31.1 Å². The number of fused-ring (bicyclic) bond motifs is 1. The molecule has 4 rings (SSSR count). The summed E-state index contributed by atoms with van der Waals surface area (Å²) in [5.41, 5.74) is -2.37. The number of aromatic nitrogens is 3. The van der Waals surface area contributed by atoms with Crippen LogP contribution in [0, 0.1) is 6.92 Å². The Bertz CT molecular complexity index is 1320. The third kappa shape index (κ3) is 5.98. The van der Waals surface area contributed by atoms with E-state index >= 15 is 0 Å². The molecule has 0 unspecified atom stereocenters. The maximum absolute atomic E-state index is 13.4. The molecule has 0 spiro atoms. The largest absolute Gasteiger partial charge is 0.416 e. The molecule has 0 aliphatic rings. The van der Waals surface area contributed by atoms with Crippen LogP contribution in [0.3, 0.4) is 0 Å². The molecule has 0 saturated heterocycles. The van der Waals surface area contributed by atoms with Gasteiger partial charge in [-0.05, 0) is 43.2 Å². The van der Waals surface area contributed by atoms with Crippen LogP contribution < -0.4 is 4.90 Å². The topological polar surface area (TPSA) is 51.0 Å². The first-order chi connectivity index (χ1) is 16.4. The molecule has 0 atom stereocenters. The Morgan fingerprint density at radius 1 is 1.06 bits per heavy atom. The summed E-state index contributed by atoms with van der Waals surface area (Å²) in [4.78, 5) is 22.9. The number of amides is 1. The molecule has 36 heavy (non-hydrogen) atoms. The van der Waals surface area contributed by atoms with E-state index in [2.05, 4.69) is 9.97 Å². The number of carbonyl (C=O) groups is 1. The number of halogens is 7. The number of alkyl halides is 6. The van der Waals surface area contributed by atoms with E-state index in [1.54, 1.807) is 35.4 Å². The number of imidazole rings is 1. The number of rotatable bonds is 6. The Labute approximate surface area is 211 Å². The molecule has 0 fully saturated rings. The van der Waals surface area contributed by atoms with E-state index in [4.69, 9.17) is 0 Å². The Kier molecular flexibility index (Phi) is 7.99. The third-order valence-corrected chi connectivity index (χ3v) is 6.32. The van der Waals surface area contributed by atoms with Gasteiger partial charge in [-0.2, -0.15) is 26.3 Å². The standard InChI is InChI=1S/C23H18F6N4OS.ClH/c1-14-4-2-5-18-19(14)31-21(35-18)33(8-3-7-32-9-6-30-13-32)20(34)15-10-16(22(24,25)26)12-17(11-15)23(27,28)29;/h2,4-6,9-13H,3,7-8H2,1H3;1H. The second-order valence-corrected chi connectivity index (χ2v) is 8.83. The summed E-state index contributed by atoms with van der Waals surface area (Å²) in [5.74, 6) is -0.996. The average molecular weight is 549 g/mol. The minimum Gasteiger partial charge on any atom is -0.337 e. The summed E-state index contributed by atoms with van der Waals surface area (Å²) in [6, 6.07) is 6.29. The van der Waals surface area contributed by atoms with Crippen LogP contribution in [0.5, 0.6) is 0 Å². The van der Waals surface area contributed by atoms with Gasteiger partial charge in [0.2, 0.25) is 0 Å². The highest BCUT2D eigenvalue weighted by Gasteiger charge is 2.38. The highest BCUT2D eigenvalue weighted by molar-refractivity contribution is 7.22. The van der Waals surface area contributed by atoms with E-state index < -0.39 is 35.0 Å². The van der Waals surface area contributed by atoms with Crippen LogP contribution in [0.1, 0.15) is 33.5 Å². The highest BCUT2D eigenvalue weighted by Crippen LogP contribution is 2.37. The van der Waals surface area contributed by atoms with Gasteiger partial charge in [0.05, 0.1) is 27.7 Å². The van der Waals surface area contributed by atoms with E-state index in [9.17, 15) is 31.1 Å². The van der Waals surface area contributed by atoms with Crippen LogP contribution >= 0.6 is 23.7 Å². The SMILES string of the molecule is Cc1cccc2sc(N(CCCn3ccnc3)C(=O)c3cc(C(F)(F)F)cc(C(F)(F)F)c3)nc12.Cl. The molecule has 0 aliphatic carbocycles. The van der Waals surface area contributed by atoms with Crippen molar-refractivity contribution in [3.05, 3.63) is 77.4 Å². The number of thiazole rings is 1. The lowest BCUT2D eigenvalue weighted by Crippen LogP contribution is -2.33. The minimum atomic E-state index is -5.06. The van der Waals surface area contributed by atoms with Crippen molar-refractivity contribution in [2.24, 2.45) is 0 Å². The van der Waals surface area contributed by atoms with Crippen molar-refractivity contribution in [2.45, 2.75) is 32.2 Å². The molecule has 5 nitrogen and oxygen atoms in total. The quantitative estimate of drug-likeness (QED) is 0.244. The maximum atomic E-state index is 13.4. The molecule has 2 aromatic carbocycles. The molecule has 13 heteroatoms. The Morgan fingerprint density at radius 3 is 2.28 bits per heavy atom. The smallest absolute Gasteiger partial charge is 0.337 e. The first-order valence-electron chi connectivity index (χ1n) is 10.4. The minimum absolute atomic E-state index is 0. The number of benzene rings is 2. The Hall–Kier alpha value is -3.12. The second kappa shape index (κ2) is 10.5. The molecule has 2 aromatic heterocycles. The van der Waals surface area contributed by atoms with E-state index in [0.717, 1.165) is 26.5 Å². The molecule has 0 N–H and O–H groups in total. The number of hydrogen-bond acceptors (Lipinski definition) is 4. The van der Waals surface area contributed by atoms with Crippen LogP contribution in [0.2, 0.25) is 0 Å². The van der Waals surface area contributed by atoms with Gasteiger partial charge < -0.3 is 4.57 Å². The van der Waals surface area contributed by atoms with Gasteiger partial charge in [-0.1, -0.05) is 23.5 Å². The molecule has 0 bridgehead atoms. The molecular formula is C23H19ClF6N4OS. The lowest BCUT2D eigenvalue weighted by atomic mass is 10.0. The molecule has 0 aliphatic heterocycles. The molecule has 192 valence electrons. The van der Waals surface area contributed by atoms with Crippen molar-refractivity contribution in [1.82, 2.24) is 14.5 Å². The fourth-order valence-electron chi connectivity index (χ4n) is 3.54. The zero-order valence-electron chi connectivity index (χ0n) is 18.6. The van der Waals surface area contributed by atoms with Crippen LogP contribution in [-0.2, 0) is 18.9 Å². The van der Waals surface area contributed by atoms with Gasteiger partial charge in [0, 0.05) is 31.0 Å². The van der Waals surface area contributed by atoms with Gasteiger partial charge in [-0.15, -0.1) is 12.4 Å². The first-order valence-corrected chi connectivity index (χ1v) is 11.2. The van der Waals surface area contributed by atoms with Crippen molar-refractivity contribution >= 4 is 45.0 Å². The van der Waals surface area contributed by atoms with Gasteiger partial charge in [0.25, 0.3) is 5.91 Å². The first kappa shape index (κ1) is 27.5. The Balaban J connectivity index is 0.00000361. The molecule has 0 radical (unpaired) electrons. The lowest BCUT2D eigenvalue weighted by molar-refractivity contribution is -0.143.